The molecule has 1 fully saturated rings. The normalized spacial score (nSPS) is 39.1. The van der Waals surface area contributed by atoms with Crippen molar-refractivity contribution < 1.29 is 9.47 Å². The van der Waals surface area contributed by atoms with E-state index in [1.165, 1.54) is 0 Å². The van der Waals surface area contributed by atoms with Gasteiger partial charge in [0, 0.05) is 0 Å². The summed E-state index contributed by atoms with van der Waals surface area (Å²) in [5.41, 5.74) is 0. The van der Waals surface area contributed by atoms with Gasteiger partial charge in [0.1, 0.15) is 6.61 Å². The van der Waals surface area contributed by atoms with Crippen LogP contribution in [-0.2, 0) is 9.47 Å². The highest BCUT2D eigenvalue weighted by Gasteiger charge is 2.28. The Morgan fingerprint density at radius 3 is 3.22 bits per heavy atom. The SMILES string of the molecule is C1#C[C@H]2CCO[C@H]2OC1. The van der Waals surface area contributed by atoms with Crippen LogP contribution in [0.4, 0.5) is 0 Å². The number of hydrogen-bond donors (Lipinski definition) is 0. The summed E-state index contributed by atoms with van der Waals surface area (Å²) in [6.07, 6.45) is 1.03. The maximum atomic E-state index is 5.23. The van der Waals surface area contributed by atoms with Gasteiger partial charge in [0.25, 0.3) is 0 Å². The van der Waals surface area contributed by atoms with Crippen molar-refractivity contribution in [1.29, 1.82) is 0 Å². The fraction of sp³-hybridized carbons (Fsp3) is 0.714. The number of fused-ring (bicyclic) bond motifs is 1. The van der Waals surface area contributed by atoms with E-state index in [0.29, 0.717) is 12.5 Å². The van der Waals surface area contributed by atoms with Crippen LogP contribution in [-0.4, -0.2) is 19.5 Å². The molecule has 0 radical (unpaired) electrons. The topological polar surface area (TPSA) is 18.5 Å². The van der Waals surface area contributed by atoms with Gasteiger partial charge in [-0.05, 0) is 6.42 Å². The molecule has 2 nitrogen and oxygen atoms in total. The van der Waals surface area contributed by atoms with E-state index in [0.717, 1.165) is 13.0 Å². The van der Waals surface area contributed by atoms with E-state index in [1.54, 1.807) is 0 Å². The van der Waals surface area contributed by atoms with Gasteiger partial charge in [-0.15, -0.1) is 0 Å². The first kappa shape index (κ1) is 5.28. The van der Waals surface area contributed by atoms with Crippen molar-refractivity contribution in [3.63, 3.8) is 0 Å². The van der Waals surface area contributed by atoms with E-state index in [2.05, 4.69) is 11.8 Å². The molecule has 0 amide bonds. The Morgan fingerprint density at radius 1 is 1.33 bits per heavy atom. The molecule has 0 aliphatic carbocycles. The van der Waals surface area contributed by atoms with E-state index in [1.807, 2.05) is 0 Å². The highest BCUT2D eigenvalue weighted by molar-refractivity contribution is 5.09. The zero-order valence-corrected chi connectivity index (χ0v) is 5.09. The summed E-state index contributed by atoms with van der Waals surface area (Å²) in [7, 11) is 0. The molecule has 0 saturated carbocycles. The quantitative estimate of drug-likeness (QED) is 0.435. The Kier molecular flexibility index (Phi) is 1.18. The largest absolute Gasteiger partial charge is 0.351 e. The third-order valence-corrected chi connectivity index (χ3v) is 1.65. The lowest BCUT2D eigenvalue weighted by Gasteiger charge is -2.15. The lowest BCUT2D eigenvalue weighted by molar-refractivity contribution is -0.115. The number of hydrogen-bond acceptors (Lipinski definition) is 2. The molecule has 2 aliphatic heterocycles. The van der Waals surface area contributed by atoms with Crippen molar-refractivity contribution in [3.05, 3.63) is 0 Å². The molecule has 48 valence electrons. The molecule has 0 spiro atoms. The fourth-order valence-electron chi connectivity index (χ4n) is 1.16. The second-order valence-corrected chi connectivity index (χ2v) is 2.27. The molecular formula is C7H8O2. The first-order valence-corrected chi connectivity index (χ1v) is 3.18. The monoisotopic (exact) mass is 124 g/mol. The molecule has 0 aromatic carbocycles. The smallest absolute Gasteiger partial charge is 0.172 e. The summed E-state index contributed by atoms with van der Waals surface area (Å²) >= 11 is 0. The van der Waals surface area contributed by atoms with Gasteiger partial charge in [-0.25, -0.2) is 0 Å². The molecule has 1 saturated heterocycles. The molecule has 0 aromatic heterocycles. The van der Waals surface area contributed by atoms with Gasteiger partial charge < -0.3 is 9.47 Å². The van der Waals surface area contributed by atoms with Crippen molar-refractivity contribution in [2.24, 2.45) is 5.92 Å². The van der Waals surface area contributed by atoms with E-state index in [9.17, 15) is 0 Å². The minimum atomic E-state index is -0.00810. The van der Waals surface area contributed by atoms with Crippen molar-refractivity contribution in [2.45, 2.75) is 12.7 Å². The Morgan fingerprint density at radius 2 is 2.33 bits per heavy atom. The summed E-state index contributed by atoms with van der Waals surface area (Å²) in [5, 5.41) is 0. The van der Waals surface area contributed by atoms with Crippen LogP contribution >= 0.6 is 0 Å². The van der Waals surface area contributed by atoms with Gasteiger partial charge in [-0.1, -0.05) is 11.8 Å². The second-order valence-electron chi connectivity index (χ2n) is 2.27. The Hall–Kier alpha value is -0.520. The molecule has 0 unspecified atom stereocenters. The van der Waals surface area contributed by atoms with Crippen LogP contribution in [0.5, 0.6) is 0 Å². The highest BCUT2D eigenvalue weighted by Crippen LogP contribution is 2.22. The maximum absolute atomic E-state index is 5.23. The summed E-state index contributed by atoms with van der Waals surface area (Å²) in [6.45, 7) is 1.35. The average molecular weight is 124 g/mol. The van der Waals surface area contributed by atoms with E-state index in [-0.39, 0.29) is 6.29 Å². The third-order valence-electron chi connectivity index (χ3n) is 1.65. The van der Waals surface area contributed by atoms with Crippen LogP contribution in [0, 0.1) is 17.8 Å². The molecule has 2 aliphatic rings. The van der Waals surface area contributed by atoms with Crippen molar-refractivity contribution in [2.75, 3.05) is 13.2 Å². The first-order valence-electron chi connectivity index (χ1n) is 3.18. The summed E-state index contributed by atoms with van der Waals surface area (Å²) < 4.78 is 10.4. The molecule has 2 heteroatoms. The van der Waals surface area contributed by atoms with Crippen LogP contribution in [0.2, 0.25) is 0 Å². The molecule has 0 aromatic rings. The molecule has 0 bridgehead atoms. The van der Waals surface area contributed by atoms with Crippen LogP contribution in [0.25, 0.3) is 0 Å². The highest BCUT2D eigenvalue weighted by atomic mass is 16.7. The van der Waals surface area contributed by atoms with Gasteiger partial charge in [-0.3, -0.25) is 0 Å². The van der Waals surface area contributed by atoms with Gasteiger partial charge in [0.2, 0.25) is 0 Å². The molecule has 2 rings (SSSR count). The maximum Gasteiger partial charge on any atom is 0.172 e. The van der Waals surface area contributed by atoms with Crippen LogP contribution in [0.3, 0.4) is 0 Å². The first-order chi connectivity index (χ1) is 4.47. The lowest BCUT2D eigenvalue weighted by atomic mass is 10.1. The minimum Gasteiger partial charge on any atom is -0.351 e. The zero-order chi connectivity index (χ0) is 6.10. The van der Waals surface area contributed by atoms with Crippen LogP contribution in [0.1, 0.15) is 6.42 Å². The molecule has 9 heavy (non-hydrogen) atoms. The molecular weight excluding hydrogens is 116 g/mol. The van der Waals surface area contributed by atoms with Gasteiger partial charge >= 0.3 is 0 Å². The lowest BCUT2D eigenvalue weighted by Crippen LogP contribution is -2.21. The van der Waals surface area contributed by atoms with Gasteiger partial charge in [0.15, 0.2) is 6.29 Å². The summed E-state index contributed by atoms with van der Waals surface area (Å²) in [4.78, 5) is 0. The Balaban J connectivity index is 2.15. The number of ether oxygens (including phenoxy) is 2. The van der Waals surface area contributed by atoms with E-state index >= 15 is 0 Å². The summed E-state index contributed by atoms with van der Waals surface area (Å²) in [5.74, 6) is 6.34. The third kappa shape index (κ3) is 0.827. The van der Waals surface area contributed by atoms with Crippen molar-refractivity contribution >= 4 is 0 Å². The van der Waals surface area contributed by atoms with Gasteiger partial charge in [0.05, 0.1) is 12.5 Å². The molecule has 2 heterocycles. The second kappa shape index (κ2) is 2.02. The van der Waals surface area contributed by atoms with Crippen LogP contribution in [0.15, 0.2) is 0 Å². The zero-order valence-electron chi connectivity index (χ0n) is 5.09. The predicted molar refractivity (Wildman–Crippen MR) is 31.6 cm³/mol. The van der Waals surface area contributed by atoms with Crippen molar-refractivity contribution in [3.8, 4) is 11.8 Å². The standard InChI is InChI=1S/C7H8O2/c1-2-6-3-5-9-7(6)8-4-1/h6-7H,3-5H2/t6-,7+/m0/s1. The average Bonchev–Trinajstić information content (AvgIpc) is 2.33. The predicted octanol–water partition coefficient (Wildman–Crippen LogP) is 0.383. The van der Waals surface area contributed by atoms with Gasteiger partial charge in [-0.2, -0.15) is 0 Å². The van der Waals surface area contributed by atoms with E-state index < -0.39 is 0 Å². The van der Waals surface area contributed by atoms with Crippen molar-refractivity contribution in [1.82, 2.24) is 0 Å². The fourth-order valence-corrected chi connectivity index (χ4v) is 1.16. The number of rotatable bonds is 0. The van der Waals surface area contributed by atoms with Crippen LogP contribution < -0.4 is 0 Å². The Labute approximate surface area is 54.1 Å². The summed E-state index contributed by atoms with van der Waals surface area (Å²) in [6, 6.07) is 0. The Bertz CT molecular complexity index is 165. The molecule has 0 N–H and O–H groups in total. The minimum absolute atomic E-state index is 0.00810. The molecule has 2 atom stereocenters. The van der Waals surface area contributed by atoms with E-state index in [4.69, 9.17) is 9.47 Å².